The molecule has 16 heavy (non-hydrogen) atoms. The van der Waals surface area contributed by atoms with Gasteiger partial charge < -0.3 is 9.84 Å². The van der Waals surface area contributed by atoms with Crippen molar-refractivity contribution in [3.63, 3.8) is 0 Å². The molecule has 0 aliphatic carbocycles. The number of hydrogen-bond acceptors (Lipinski definition) is 2. The van der Waals surface area contributed by atoms with Gasteiger partial charge in [-0.1, -0.05) is 6.07 Å². The van der Waals surface area contributed by atoms with Crippen molar-refractivity contribution in [3.8, 4) is 0 Å². The standard InChI is InChI=1S/C12H14BrFO2/c13-10-7-9(1-2-11(10)14)8-12(15)3-5-16-6-4-12/h1-2,7,15H,3-6,8H2. The van der Waals surface area contributed by atoms with E-state index in [1.165, 1.54) is 6.07 Å². The van der Waals surface area contributed by atoms with Gasteiger partial charge in [0.2, 0.25) is 0 Å². The fraction of sp³-hybridized carbons (Fsp3) is 0.500. The van der Waals surface area contributed by atoms with Crippen LogP contribution >= 0.6 is 15.9 Å². The molecule has 2 rings (SSSR count). The lowest BCUT2D eigenvalue weighted by atomic mass is 9.87. The molecule has 2 nitrogen and oxygen atoms in total. The van der Waals surface area contributed by atoms with Crippen LogP contribution in [0.15, 0.2) is 22.7 Å². The Kier molecular flexibility index (Phi) is 3.62. The Morgan fingerprint density at radius 2 is 2.06 bits per heavy atom. The third-order valence-corrected chi connectivity index (χ3v) is 3.55. The van der Waals surface area contributed by atoms with Crippen molar-refractivity contribution < 1.29 is 14.2 Å². The van der Waals surface area contributed by atoms with Crippen LogP contribution in [0.3, 0.4) is 0 Å². The van der Waals surface area contributed by atoms with E-state index in [2.05, 4.69) is 15.9 Å². The molecule has 0 radical (unpaired) electrons. The maximum absolute atomic E-state index is 13.0. The molecular weight excluding hydrogens is 275 g/mol. The Labute approximate surface area is 103 Å². The Morgan fingerprint density at radius 1 is 1.38 bits per heavy atom. The normalized spacial score (nSPS) is 19.7. The SMILES string of the molecule is OC1(Cc2ccc(F)c(Br)c2)CCOCC1. The van der Waals surface area contributed by atoms with Crippen LogP contribution in [0.2, 0.25) is 0 Å². The van der Waals surface area contributed by atoms with Gasteiger partial charge in [0, 0.05) is 19.6 Å². The highest BCUT2D eigenvalue weighted by Gasteiger charge is 2.29. The quantitative estimate of drug-likeness (QED) is 0.907. The highest BCUT2D eigenvalue weighted by atomic mass is 79.9. The summed E-state index contributed by atoms with van der Waals surface area (Å²) in [4.78, 5) is 0. The van der Waals surface area contributed by atoms with E-state index in [9.17, 15) is 9.50 Å². The smallest absolute Gasteiger partial charge is 0.137 e. The van der Waals surface area contributed by atoms with Gasteiger partial charge in [-0.15, -0.1) is 0 Å². The van der Waals surface area contributed by atoms with Crippen molar-refractivity contribution in [2.75, 3.05) is 13.2 Å². The number of halogens is 2. The second-order valence-corrected chi connectivity index (χ2v) is 5.12. The van der Waals surface area contributed by atoms with Crippen molar-refractivity contribution in [3.05, 3.63) is 34.1 Å². The maximum atomic E-state index is 13.0. The molecule has 0 spiro atoms. The highest BCUT2D eigenvalue weighted by Crippen LogP contribution is 2.26. The van der Waals surface area contributed by atoms with E-state index in [1.54, 1.807) is 12.1 Å². The molecular formula is C12H14BrFO2. The molecule has 0 unspecified atom stereocenters. The van der Waals surface area contributed by atoms with Crippen LogP contribution in [-0.4, -0.2) is 23.9 Å². The average Bonchev–Trinajstić information content (AvgIpc) is 2.24. The lowest BCUT2D eigenvalue weighted by molar-refractivity contribution is -0.0626. The van der Waals surface area contributed by atoms with Crippen LogP contribution in [0, 0.1) is 5.82 Å². The average molecular weight is 289 g/mol. The van der Waals surface area contributed by atoms with Crippen LogP contribution in [-0.2, 0) is 11.2 Å². The van der Waals surface area contributed by atoms with Gasteiger partial charge in [-0.25, -0.2) is 4.39 Å². The monoisotopic (exact) mass is 288 g/mol. The van der Waals surface area contributed by atoms with E-state index in [0.29, 0.717) is 36.9 Å². The molecule has 0 bridgehead atoms. The summed E-state index contributed by atoms with van der Waals surface area (Å²) in [5.41, 5.74) is 0.243. The molecule has 1 heterocycles. The lowest BCUT2D eigenvalue weighted by Crippen LogP contribution is -2.38. The molecule has 0 atom stereocenters. The fourth-order valence-electron chi connectivity index (χ4n) is 1.96. The van der Waals surface area contributed by atoms with Gasteiger partial charge in [0.05, 0.1) is 10.1 Å². The first-order valence-corrected chi connectivity index (χ1v) is 6.12. The lowest BCUT2D eigenvalue weighted by Gasteiger charge is -2.32. The molecule has 1 aromatic carbocycles. The molecule has 1 aliphatic heterocycles. The van der Waals surface area contributed by atoms with E-state index in [1.807, 2.05) is 0 Å². The highest BCUT2D eigenvalue weighted by molar-refractivity contribution is 9.10. The van der Waals surface area contributed by atoms with Gasteiger partial charge in [-0.2, -0.15) is 0 Å². The van der Waals surface area contributed by atoms with Crippen LogP contribution in [0.4, 0.5) is 4.39 Å². The summed E-state index contributed by atoms with van der Waals surface area (Å²) in [6.45, 7) is 1.19. The second kappa shape index (κ2) is 4.82. The first kappa shape index (κ1) is 12.0. The van der Waals surface area contributed by atoms with E-state index in [-0.39, 0.29) is 5.82 Å². The summed E-state index contributed by atoms with van der Waals surface area (Å²) < 4.78 is 18.7. The Morgan fingerprint density at radius 3 is 2.69 bits per heavy atom. The number of ether oxygens (including phenoxy) is 1. The van der Waals surface area contributed by atoms with Gasteiger partial charge in [-0.3, -0.25) is 0 Å². The molecule has 0 amide bonds. The molecule has 1 aromatic rings. The van der Waals surface area contributed by atoms with Crippen LogP contribution in [0.1, 0.15) is 18.4 Å². The third-order valence-electron chi connectivity index (χ3n) is 2.94. The van der Waals surface area contributed by atoms with Gasteiger partial charge in [-0.05, 0) is 46.5 Å². The summed E-state index contributed by atoms with van der Waals surface area (Å²) in [7, 11) is 0. The van der Waals surface area contributed by atoms with Gasteiger partial charge in [0.15, 0.2) is 0 Å². The predicted octanol–water partition coefficient (Wildman–Crippen LogP) is 2.67. The molecule has 1 aliphatic rings. The van der Waals surface area contributed by atoms with E-state index >= 15 is 0 Å². The van der Waals surface area contributed by atoms with Crippen molar-refractivity contribution in [1.29, 1.82) is 0 Å². The molecule has 0 saturated carbocycles. The summed E-state index contributed by atoms with van der Waals surface area (Å²) in [6, 6.07) is 4.86. The summed E-state index contributed by atoms with van der Waals surface area (Å²) in [5, 5.41) is 10.3. The zero-order chi connectivity index (χ0) is 11.6. The minimum atomic E-state index is -0.699. The Bertz CT molecular complexity index is 375. The molecule has 0 aromatic heterocycles. The van der Waals surface area contributed by atoms with Crippen molar-refractivity contribution in [2.24, 2.45) is 0 Å². The Balaban J connectivity index is 2.10. The minimum absolute atomic E-state index is 0.275. The Hall–Kier alpha value is -0.450. The largest absolute Gasteiger partial charge is 0.389 e. The third kappa shape index (κ3) is 2.81. The van der Waals surface area contributed by atoms with Crippen LogP contribution in [0.25, 0.3) is 0 Å². The minimum Gasteiger partial charge on any atom is -0.389 e. The van der Waals surface area contributed by atoms with Gasteiger partial charge in [0.1, 0.15) is 5.82 Å². The first-order chi connectivity index (χ1) is 7.59. The molecule has 1 saturated heterocycles. The molecule has 1 fully saturated rings. The topological polar surface area (TPSA) is 29.5 Å². The number of hydrogen-bond donors (Lipinski definition) is 1. The van der Waals surface area contributed by atoms with Crippen molar-refractivity contribution in [1.82, 2.24) is 0 Å². The number of aliphatic hydroxyl groups is 1. The number of rotatable bonds is 2. The zero-order valence-electron chi connectivity index (χ0n) is 8.88. The first-order valence-electron chi connectivity index (χ1n) is 5.33. The zero-order valence-corrected chi connectivity index (χ0v) is 10.5. The van der Waals surface area contributed by atoms with E-state index in [0.717, 1.165) is 5.56 Å². The maximum Gasteiger partial charge on any atom is 0.137 e. The van der Waals surface area contributed by atoms with Crippen LogP contribution < -0.4 is 0 Å². The van der Waals surface area contributed by atoms with Crippen molar-refractivity contribution >= 4 is 15.9 Å². The summed E-state index contributed by atoms with van der Waals surface area (Å²) >= 11 is 3.15. The molecule has 4 heteroatoms. The summed E-state index contributed by atoms with van der Waals surface area (Å²) in [6.07, 6.45) is 1.83. The molecule has 1 N–H and O–H groups in total. The number of benzene rings is 1. The fourth-order valence-corrected chi connectivity index (χ4v) is 2.38. The summed E-state index contributed by atoms with van der Waals surface area (Å²) in [5.74, 6) is -0.275. The van der Waals surface area contributed by atoms with Gasteiger partial charge in [0.25, 0.3) is 0 Å². The van der Waals surface area contributed by atoms with E-state index in [4.69, 9.17) is 4.74 Å². The van der Waals surface area contributed by atoms with E-state index < -0.39 is 5.60 Å². The van der Waals surface area contributed by atoms with Gasteiger partial charge >= 0.3 is 0 Å². The van der Waals surface area contributed by atoms with Crippen molar-refractivity contribution in [2.45, 2.75) is 24.9 Å². The second-order valence-electron chi connectivity index (χ2n) is 4.26. The predicted molar refractivity (Wildman–Crippen MR) is 62.8 cm³/mol. The molecule has 88 valence electrons. The van der Waals surface area contributed by atoms with Crippen LogP contribution in [0.5, 0.6) is 0 Å².